The van der Waals surface area contributed by atoms with E-state index in [1.807, 2.05) is 13.8 Å². The van der Waals surface area contributed by atoms with E-state index >= 15 is 0 Å². The molecule has 0 unspecified atom stereocenters. The fourth-order valence-electron chi connectivity index (χ4n) is 1.97. The lowest BCUT2D eigenvalue weighted by Crippen LogP contribution is -2.33. The molecule has 4 heteroatoms. The smallest absolute Gasteiger partial charge is 0.407 e. The molecular weight excluding hydrogens is 218 g/mol. The van der Waals surface area contributed by atoms with Crippen molar-refractivity contribution in [3.63, 3.8) is 0 Å². The predicted molar refractivity (Wildman–Crippen MR) is 69.2 cm³/mol. The summed E-state index contributed by atoms with van der Waals surface area (Å²) in [4.78, 5) is 11.3. The van der Waals surface area contributed by atoms with Gasteiger partial charge in [-0.1, -0.05) is 30.9 Å². The van der Waals surface area contributed by atoms with E-state index in [4.69, 9.17) is 4.74 Å². The van der Waals surface area contributed by atoms with E-state index in [1.165, 1.54) is 5.20 Å². The molecule has 92 valence electrons. The molecule has 0 aromatic rings. The number of alkyl carbamates (subject to hydrolysis) is 1. The number of carbonyl (C=O) groups excluding carboxylic acids is 1. The Morgan fingerprint density at radius 2 is 2.06 bits per heavy atom. The first-order valence-corrected chi connectivity index (χ1v) is 9.32. The molecular formula is C12H23NO2Si. The van der Waals surface area contributed by atoms with Crippen LogP contribution in [0.5, 0.6) is 0 Å². The number of ether oxygens (including phenoxy) is 1. The van der Waals surface area contributed by atoms with Gasteiger partial charge >= 0.3 is 6.09 Å². The summed E-state index contributed by atoms with van der Waals surface area (Å²) in [6, 6.07) is 0.129. The van der Waals surface area contributed by atoms with Crippen LogP contribution in [0.1, 0.15) is 20.8 Å². The van der Waals surface area contributed by atoms with Gasteiger partial charge in [-0.25, -0.2) is 4.79 Å². The lowest BCUT2D eigenvalue weighted by Gasteiger charge is -2.20. The van der Waals surface area contributed by atoms with Crippen molar-refractivity contribution in [1.82, 2.24) is 5.32 Å². The lowest BCUT2D eigenvalue weighted by molar-refractivity contribution is 0.127. The van der Waals surface area contributed by atoms with Gasteiger partial charge in [0.05, 0.1) is 8.07 Å². The van der Waals surface area contributed by atoms with Crippen molar-refractivity contribution in [2.75, 3.05) is 6.61 Å². The minimum Gasteiger partial charge on any atom is -0.448 e. The van der Waals surface area contributed by atoms with E-state index in [0.29, 0.717) is 6.61 Å². The molecule has 0 aromatic carbocycles. The summed E-state index contributed by atoms with van der Waals surface area (Å²) in [6.07, 6.45) is 1.94. The number of hydrogen-bond donors (Lipinski definition) is 1. The first kappa shape index (κ1) is 13.3. The Morgan fingerprint density at radius 1 is 1.50 bits per heavy atom. The fraction of sp³-hybridized carbons (Fsp3) is 0.750. The Kier molecular flexibility index (Phi) is 3.52. The standard InChI is InChI=1S/C12H23NO2Si/c1-9(2)13-11(14)15-8-12(3)7-10(12)16(4,5)6/h7,9H,8H2,1-6H3,(H,13,14)/t12-/m0/s1. The Labute approximate surface area is 99.3 Å². The molecule has 1 rings (SSSR count). The van der Waals surface area contributed by atoms with Crippen molar-refractivity contribution in [2.45, 2.75) is 46.5 Å². The third-order valence-electron chi connectivity index (χ3n) is 2.71. The van der Waals surface area contributed by atoms with Gasteiger partial charge < -0.3 is 10.1 Å². The van der Waals surface area contributed by atoms with Gasteiger partial charge in [0.25, 0.3) is 0 Å². The van der Waals surface area contributed by atoms with Gasteiger partial charge in [-0.15, -0.1) is 0 Å². The maximum Gasteiger partial charge on any atom is 0.407 e. The topological polar surface area (TPSA) is 38.3 Å². The van der Waals surface area contributed by atoms with Crippen LogP contribution in [0, 0.1) is 5.41 Å². The van der Waals surface area contributed by atoms with Gasteiger partial charge in [-0.2, -0.15) is 0 Å². The highest BCUT2D eigenvalue weighted by atomic mass is 28.3. The molecule has 1 aliphatic carbocycles. The highest BCUT2D eigenvalue weighted by Crippen LogP contribution is 2.48. The van der Waals surface area contributed by atoms with Gasteiger partial charge in [0, 0.05) is 11.5 Å². The van der Waals surface area contributed by atoms with Gasteiger partial charge in [0.2, 0.25) is 0 Å². The first-order valence-electron chi connectivity index (χ1n) is 5.82. The van der Waals surface area contributed by atoms with Gasteiger partial charge in [0.15, 0.2) is 0 Å². The lowest BCUT2D eigenvalue weighted by atomic mass is 10.1. The molecule has 0 aliphatic heterocycles. The summed E-state index contributed by atoms with van der Waals surface area (Å²) in [5.74, 6) is 0. The minimum absolute atomic E-state index is 0.0405. The van der Waals surface area contributed by atoms with Crippen LogP contribution in [-0.2, 0) is 4.74 Å². The average molecular weight is 241 g/mol. The maximum absolute atomic E-state index is 11.3. The molecule has 0 bridgehead atoms. The summed E-state index contributed by atoms with van der Waals surface area (Å²) < 4.78 is 5.23. The largest absolute Gasteiger partial charge is 0.448 e. The van der Waals surface area contributed by atoms with E-state index in [2.05, 4.69) is 38.0 Å². The molecule has 0 fully saturated rings. The molecule has 3 nitrogen and oxygen atoms in total. The Balaban J connectivity index is 2.34. The first-order chi connectivity index (χ1) is 7.15. The third-order valence-corrected chi connectivity index (χ3v) is 5.04. The van der Waals surface area contributed by atoms with Crippen molar-refractivity contribution in [1.29, 1.82) is 0 Å². The van der Waals surface area contributed by atoms with Crippen molar-refractivity contribution < 1.29 is 9.53 Å². The predicted octanol–water partition coefficient (Wildman–Crippen LogP) is 2.94. The normalized spacial score (nSPS) is 24.1. The van der Waals surface area contributed by atoms with Crippen LogP contribution < -0.4 is 5.32 Å². The highest BCUT2D eigenvalue weighted by molar-refractivity contribution is 6.84. The molecule has 0 heterocycles. The number of carbonyl (C=O) groups is 1. The van der Waals surface area contributed by atoms with Crippen LogP contribution >= 0.6 is 0 Å². The summed E-state index contributed by atoms with van der Waals surface area (Å²) in [5, 5.41) is 4.24. The van der Waals surface area contributed by atoms with Crippen molar-refractivity contribution in [3.8, 4) is 0 Å². The number of amides is 1. The molecule has 0 aromatic heterocycles. The van der Waals surface area contributed by atoms with Crippen LogP contribution in [0.3, 0.4) is 0 Å². The van der Waals surface area contributed by atoms with Crippen LogP contribution in [0.15, 0.2) is 11.3 Å². The number of hydrogen-bond acceptors (Lipinski definition) is 2. The quantitative estimate of drug-likeness (QED) is 0.769. The molecule has 1 amide bonds. The number of rotatable bonds is 4. The molecule has 0 radical (unpaired) electrons. The Bertz CT molecular complexity index is 317. The molecule has 16 heavy (non-hydrogen) atoms. The second-order valence-electron chi connectivity index (χ2n) is 6.10. The van der Waals surface area contributed by atoms with E-state index < -0.39 is 8.07 Å². The molecule has 0 saturated heterocycles. The Morgan fingerprint density at radius 3 is 2.44 bits per heavy atom. The van der Waals surface area contributed by atoms with Crippen LogP contribution in [0.2, 0.25) is 19.6 Å². The molecule has 1 atom stereocenters. The molecule has 0 saturated carbocycles. The molecule has 0 spiro atoms. The SMILES string of the molecule is CC(C)NC(=O)OC[C@]1(C)C=C1[Si](C)(C)C. The monoisotopic (exact) mass is 241 g/mol. The van der Waals surface area contributed by atoms with Crippen LogP contribution in [0.25, 0.3) is 0 Å². The molecule has 1 aliphatic rings. The highest BCUT2D eigenvalue weighted by Gasteiger charge is 2.46. The van der Waals surface area contributed by atoms with Gasteiger partial charge in [-0.3, -0.25) is 0 Å². The fourth-order valence-corrected chi connectivity index (χ4v) is 4.51. The molecule has 1 N–H and O–H groups in total. The maximum atomic E-state index is 11.3. The average Bonchev–Trinajstić information content (AvgIpc) is 2.74. The van der Waals surface area contributed by atoms with Crippen LogP contribution in [0.4, 0.5) is 4.79 Å². The van der Waals surface area contributed by atoms with E-state index in [-0.39, 0.29) is 17.6 Å². The van der Waals surface area contributed by atoms with E-state index in [0.717, 1.165) is 0 Å². The zero-order valence-corrected chi connectivity index (χ0v) is 12.2. The summed E-state index contributed by atoms with van der Waals surface area (Å²) in [5.41, 5.74) is 0.0405. The summed E-state index contributed by atoms with van der Waals surface area (Å²) in [7, 11) is -1.21. The Hall–Kier alpha value is -0.773. The van der Waals surface area contributed by atoms with Crippen molar-refractivity contribution in [3.05, 3.63) is 11.3 Å². The van der Waals surface area contributed by atoms with Gasteiger partial charge in [0.1, 0.15) is 6.61 Å². The van der Waals surface area contributed by atoms with Gasteiger partial charge in [-0.05, 0) is 20.8 Å². The summed E-state index contributed by atoms with van der Waals surface area (Å²) >= 11 is 0. The second-order valence-corrected chi connectivity index (χ2v) is 11.1. The van der Waals surface area contributed by atoms with Crippen molar-refractivity contribution >= 4 is 14.2 Å². The van der Waals surface area contributed by atoms with Crippen molar-refractivity contribution in [2.24, 2.45) is 5.41 Å². The summed E-state index contributed by atoms with van der Waals surface area (Å²) in [6.45, 7) is 13.4. The van der Waals surface area contributed by atoms with E-state index in [1.54, 1.807) is 0 Å². The van der Waals surface area contributed by atoms with E-state index in [9.17, 15) is 4.79 Å². The zero-order chi connectivity index (χ0) is 12.6. The third kappa shape index (κ3) is 3.37. The number of nitrogens with one attached hydrogen (secondary N) is 1. The zero-order valence-electron chi connectivity index (χ0n) is 11.2. The van der Waals surface area contributed by atoms with Crippen LogP contribution in [-0.4, -0.2) is 26.8 Å². The second kappa shape index (κ2) is 4.24. The minimum atomic E-state index is -1.21.